The Hall–Kier alpha value is -3.34. The molecule has 0 unspecified atom stereocenters. The smallest absolute Gasteiger partial charge is 0.268 e. The number of ether oxygens (including phenoxy) is 1. The molecule has 3 N–H and O–H groups in total. The summed E-state index contributed by atoms with van der Waals surface area (Å²) in [5.41, 5.74) is -0.298. The van der Waals surface area contributed by atoms with Crippen LogP contribution in [0, 0.1) is 11.7 Å². The van der Waals surface area contributed by atoms with E-state index < -0.39 is 22.8 Å². The van der Waals surface area contributed by atoms with Gasteiger partial charge in [0.05, 0.1) is 30.7 Å². The summed E-state index contributed by atoms with van der Waals surface area (Å²) < 4.78 is 20.4. The van der Waals surface area contributed by atoms with Gasteiger partial charge in [0, 0.05) is 37.9 Å². The number of aromatic nitrogens is 2. The predicted molar refractivity (Wildman–Crippen MR) is 145 cm³/mol. The molecular formula is C29H35FN4O5. The first kappa shape index (κ1) is 27.2. The molecule has 5 rings (SSSR count). The number of aliphatic hydroxyl groups excluding tert-OH is 1. The van der Waals surface area contributed by atoms with Gasteiger partial charge in [0.2, 0.25) is 0 Å². The molecule has 0 bridgehead atoms. The number of rotatable bonds is 7. The third-order valence-electron chi connectivity index (χ3n) is 8.13. The molecule has 2 fully saturated rings. The number of fused-ring (bicyclic) bond motifs is 1. The summed E-state index contributed by atoms with van der Waals surface area (Å²) in [6.07, 6.45) is 4.44. The molecule has 2 aromatic heterocycles. The monoisotopic (exact) mass is 538 g/mol. The molecule has 208 valence electrons. The number of halogens is 1. The number of carbonyl (C=O) groups is 1. The number of hydrogen-bond acceptors (Lipinski definition) is 7. The number of pyridine rings is 2. The van der Waals surface area contributed by atoms with Gasteiger partial charge in [-0.1, -0.05) is 19.1 Å². The van der Waals surface area contributed by atoms with Crippen molar-refractivity contribution in [2.45, 2.75) is 44.7 Å². The number of aromatic hydroxyl groups is 1. The molecule has 39 heavy (non-hydrogen) atoms. The van der Waals surface area contributed by atoms with Gasteiger partial charge in [0.15, 0.2) is 0 Å². The Morgan fingerprint density at radius 1 is 1.15 bits per heavy atom. The van der Waals surface area contributed by atoms with Crippen molar-refractivity contribution in [3.63, 3.8) is 0 Å². The quantitative estimate of drug-likeness (QED) is 0.424. The Morgan fingerprint density at radius 2 is 1.85 bits per heavy atom. The molecule has 0 atom stereocenters. The van der Waals surface area contributed by atoms with E-state index in [1.807, 2.05) is 0 Å². The van der Waals surface area contributed by atoms with E-state index in [-0.39, 0.29) is 35.6 Å². The van der Waals surface area contributed by atoms with Crippen LogP contribution in [0.2, 0.25) is 0 Å². The molecule has 9 nitrogen and oxygen atoms in total. The SMILES string of the molecule is C[C@H]1CC[C@](CO)(NC(=O)c2c(O)c3cc(-c4ccc(F)cc4)cnc3n(CCN3CCOCC3)c2=O)CC1. The molecule has 1 amide bonds. The van der Waals surface area contributed by atoms with E-state index in [4.69, 9.17) is 4.74 Å². The van der Waals surface area contributed by atoms with Crippen LogP contribution in [-0.4, -0.2) is 75.6 Å². The fourth-order valence-electron chi connectivity index (χ4n) is 5.53. The second kappa shape index (κ2) is 11.4. The van der Waals surface area contributed by atoms with Crippen LogP contribution in [-0.2, 0) is 11.3 Å². The van der Waals surface area contributed by atoms with E-state index in [0.29, 0.717) is 49.6 Å². The number of morpholine rings is 1. The summed E-state index contributed by atoms with van der Waals surface area (Å²) in [6, 6.07) is 7.54. The first-order valence-electron chi connectivity index (χ1n) is 13.6. The van der Waals surface area contributed by atoms with Crippen LogP contribution in [0.1, 0.15) is 43.0 Å². The zero-order valence-corrected chi connectivity index (χ0v) is 22.2. The Bertz CT molecular complexity index is 1390. The number of aliphatic hydroxyl groups is 1. The van der Waals surface area contributed by atoms with Crippen LogP contribution in [0.5, 0.6) is 5.75 Å². The van der Waals surface area contributed by atoms with E-state index >= 15 is 0 Å². The van der Waals surface area contributed by atoms with Crippen molar-refractivity contribution in [2.24, 2.45) is 5.92 Å². The average molecular weight is 539 g/mol. The molecule has 1 aliphatic heterocycles. The van der Waals surface area contributed by atoms with E-state index in [1.54, 1.807) is 24.4 Å². The van der Waals surface area contributed by atoms with Gasteiger partial charge in [0.25, 0.3) is 11.5 Å². The highest BCUT2D eigenvalue weighted by Gasteiger charge is 2.37. The zero-order chi connectivity index (χ0) is 27.6. The minimum Gasteiger partial charge on any atom is -0.506 e. The van der Waals surface area contributed by atoms with Gasteiger partial charge in [0.1, 0.15) is 22.8 Å². The fraction of sp³-hybridized carbons (Fsp3) is 0.483. The average Bonchev–Trinajstić information content (AvgIpc) is 2.95. The van der Waals surface area contributed by atoms with E-state index in [0.717, 1.165) is 25.9 Å². The first-order chi connectivity index (χ1) is 18.8. The van der Waals surface area contributed by atoms with Crippen LogP contribution in [0.25, 0.3) is 22.2 Å². The maximum absolute atomic E-state index is 13.8. The molecule has 1 aliphatic carbocycles. The molecule has 0 radical (unpaired) electrons. The normalized spacial score (nSPS) is 22.2. The molecule has 1 saturated carbocycles. The van der Waals surface area contributed by atoms with Crippen molar-refractivity contribution in [3.05, 3.63) is 58.3 Å². The second-order valence-electron chi connectivity index (χ2n) is 10.8. The lowest BCUT2D eigenvalue weighted by molar-refractivity contribution is 0.0364. The van der Waals surface area contributed by atoms with Crippen LogP contribution >= 0.6 is 0 Å². The highest BCUT2D eigenvalue weighted by atomic mass is 19.1. The summed E-state index contributed by atoms with van der Waals surface area (Å²) in [4.78, 5) is 34.0. The van der Waals surface area contributed by atoms with Crippen molar-refractivity contribution in [2.75, 3.05) is 39.5 Å². The largest absolute Gasteiger partial charge is 0.506 e. The lowest BCUT2D eigenvalue weighted by Gasteiger charge is -2.38. The van der Waals surface area contributed by atoms with Crippen LogP contribution in [0.3, 0.4) is 0 Å². The summed E-state index contributed by atoms with van der Waals surface area (Å²) in [5.74, 6) is -1.05. The molecule has 3 heterocycles. The third-order valence-corrected chi connectivity index (χ3v) is 8.13. The number of amides is 1. The lowest BCUT2D eigenvalue weighted by atomic mass is 9.77. The maximum Gasteiger partial charge on any atom is 0.268 e. The molecular weight excluding hydrogens is 503 g/mol. The van der Waals surface area contributed by atoms with E-state index in [1.165, 1.54) is 16.7 Å². The Morgan fingerprint density at radius 3 is 2.51 bits per heavy atom. The zero-order valence-electron chi connectivity index (χ0n) is 22.2. The predicted octanol–water partition coefficient (Wildman–Crippen LogP) is 2.91. The molecule has 2 aliphatic rings. The third kappa shape index (κ3) is 5.68. The number of carbonyl (C=O) groups excluding carboxylic acids is 1. The molecule has 0 spiro atoms. The summed E-state index contributed by atoms with van der Waals surface area (Å²) in [5, 5.41) is 24.7. The molecule has 1 aromatic carbocycles. The summed E-state index contributed by atoms with van der Waals surface area (Å²) in [6.45, 7) is 5.39. The molecule has 1 saturated heterocycles. The van der Waals surface area contributed by atoms with Crippen molar-refractivity contribution >= 4 is 16.9 Å². The Kier molecular flexibility index (Phi) is 7.97. The Balaban J connectivity index is 1.57. The minimum atomic E-state index is -0.843. The van der Waals surface area contributed by atoms with E-state index in [2.05, 4.69) is 22.1 Å². The number of nitrogens with zero attached hydrogens (tertiary/aromatic N) is 3. The van der Waals surface area contributed by atoms with Gasteiger partial charge >= 0.3 is 0 Å². The fourth-order valence-corrected chi connectivity index (χ4v) is 5.53. The van der Waals surface area contributed by atoms with Crippen molar-refractivity contribution in [3.8, 4) is 16.9 Å². The highest BCUT2D eigenvalue weighted by molar-refractivity contribution is 6.02. The van der Waals surface area contributed by atoms with Crippen molar-refractivity contribution in [1.82, 2.24) is 19.8 Å². The highest BCUT2D eigenvalue weighted by Crippen LogP contribution is 2.34. The summed E-state index contributed by atoms with van der Waals surface area (Å²) in [7, 11) is 0. The van der Waals surface area contributed by atoms with Crippen LogP contribution in [0.4, 0.5) is 4.39 Å². The van der Waals surface area contributed by atoms with Gasteiger partial charge in [-0.2, -0.15) is 0 Å². The minimum absolute atomic E-state index is 0.249. The van der Waals surface area contributed by atoms with Crippen LogP contribution < -0.4 is 10.9 Å². The number of nitrogens with one attached hydrogen (secondary N) is 1. The summed E-state index contributed by atoms with van der Waals surface area (Å²) >= 11 is 0. The van der Waals surface area contributed by atoms with E-state index in [9.17, 15) is 24.2 Å². The van der Waals surface area contributed by atoms with Gasteiger partial charge in [-0.05, 0) is 55.4 Å². The van der Waals surface area contributed by atoms with Gasteiger partial charge < -0.3 is 20.3 Å². The van der Waals surface area contributed by atoms with Crippen molar-refractivity contribution in [1.29, 1.82) is 0 Å². The van der Waals surface area contributed by atoms with Crippen LogP contribution in [0.15, 0.2) is 41.3 Å². The van der Waals surface area contributed by atoms with Gasteiger partial charge in [-0.15, -0.1) is 0 Å². The first-order valence-corrected chi connectivity index (χ1v) is 13.6. The number of benzene rings is 1. The molecule has 3 aromatic rings. The van der Waals surface area contributed by atoms with Crippen molar-refractivity contribution < 1.29 is 24.1 Å². The second-order valence-corrected chi connectivity index (χ2v) is 10.8. The standard InChI is InChI=1S/C29H35FN4O5/c1-19-6-8-29(18-35,9-7-19)32-27(37)24-25(36)23-16-21(20-2-4-22(30)5-3-20)17-31-26(23)34(28(24)38)11-10-33-12-14-39-15-13-33/h2-5,16-17,19,35-36H,6-15,18H2,1H3,(H,32,37)/t19-,29-. The Labute approximate surface area is 226 Å². The van der Waals surface area contributed by atoms with Gasteiger partial charge in [-0.25, -0.2) is 9.37 Å². The number of hydrogen-bond donors (Lipinski definition) is 3. The lowest BCUT2D eigenvalue weighted by Crippen LogP contribution is -2.54. The van der Waals surface area contributed by atoms with Gasteiger partial charge in [-0.3, -0.25) is 19.1 Å². The topological polar surface area (TPSA) is 117 Å². The molecule has 10 heteroatoms. The maximum atomic E-state index is 13.8.